The largest absolute Gasteiger partial charge is 0.481 e. The maximum atomic E-state index is 10.3. The van der Waals surface area contributed by atoms with Crippen molar-refractivity contribution in [3.05, 3.63) is 144 Å². The van der Waals surface area contributed by atoms with E-state index >= 15 is 0 Å². The minimum Gasteiger partial charge on any atom is -0.481 e. The van der Waals surface area contributed by atoms with Crippen LogP contribution in [0.3, 0.4) is 0 Å². The lowest BCUT2D eigenvalue weighted by Crippen LogP contribution is -2.42. The van der Waals surface area contributed by atoms with Crippen LogP contribution in [0.15, 0.2) is 121 Å². The van der Waals surface area contributed by atoms with Crippen LogP contribution < -0.4 is 0 Å². The van der Waals surface area contributed by atoms with Gasteiger partial charge in [-0.1, -0.05) is 121 Å². The Hall–Kier alpha value is -4.62. The molecule has 4 rings (SSSR count). The van der Waals surface area contributed by atoms with Crippen molar-refractivity contribution in [2.24, 2.45) is 0 Å². The highest BCUT2D eigenvalue weighted by molar-refractivity contribution is 5.88. The summed E-state index contributed by atoms with van der Waals surface area (Å²) in [6.45, 7) is 3.30. The summed E-state index contributed by atoms with van der Waals surface area (Å²) >= 11 is 0. The van der Waals surface area contributed by atoms with Crippen LogP contribution in [0.25, 0.3) is 0 Å². The monoisotopic (exact) mass is 738 g/mol. The molecule has 0 aliphatic heterocycles. The van der Waals surface area contributed by atoms with Gasteiger partial charge >= 0.3 is 17.9 Å². The summed E-state index contributed by atoms with van der Waals surface area (Å²) in [7, 11) is 8.24. The number of benzene rings is 4. The number of hydrogen-bond donors (Lipinski definition) is 4. The zero-order valence-corrected chi connectivity index (χ0v) is 30.9. The van der Waals surface area contributed by atoms with Crippen molar-refractivity contribution in [1.82, 2.24) is 9.80 Å². The van der Waals surface area contributed by atoms with Gasteiger partial charge in [-0.05, 0) is 50.4 Å². The van der Waals surface area contributed by atoms with Gasteiger partial charge in [0.15, 0.2) is 5.60 Å². The van der Waals surface area contributed by atoms with Gasteiger partial charge in [-0.3, -0.25) is 9.59 Å². The maximum Gasteiger partial charge on any atom is 0.336 e. The van der Waals surface area contributed by atoms with Gasteiger partial charge in [0, 0.05) is 13.1 Å². The first kappa shape index (κ1) is 45.4. The average Bonchev–Trinajstić information content (AvgIpc) is 3.10. The number of rotatable bonds is 17. The number of carboxylic acid groups (broad SMARTS) is 3. The molecule has 0 amide bonds. The van der Waals surface area contributed by atoms with Gasteiger partial charge in [0.2, 0.25) is 0 Å². The Kier molecular flexibility index (Phi) is 21.4. The number of likely N-dealkylation sites (N-methyl/N-ethyl adjacent to an activating group) is 2. The van der Waals surface area contributed by atoms with Crippen LogP contribution in [-0.2, 0) is 23.9 Å². The van der Waals surface area contributed by atoms with Crippen LogP contribution in [0.5, 0.6) is 0 Å². The summed E-state index contributed by atoms with van der Waals surface area (Å²) in [5, 5.41) is 33.8. The Morgan fingerprint density at radius 3 is 0.981 bits per heavy atom. The molecule has 4 N–H and O–H groups in total. The summed E-state index contributed by atoms with van der Waals surface area (Å²) in [5.74, 6) is -5.02. The molecule has 0 radical (unpaired) electrons. The van der Waals surface area contributed by atoms with E-state index < -0.39 is 36.4 Å². The molecule has 0 saturated heterocycles. The van der Waals surface area contributed by atoms with E-state index in [-0.39, 0.29) is 24.6 Å². The third-order valence-electron chi connectivity index (χ3n) is 7.34. The molecule has 0 unspecified atom stereocenters. The highest BCUT2D eigenvalue weighted by Crippen LogP contribution is 2.26. The molecule has 282 valence electrons. The summed E-state index contributed by atoms with van der Waals surface area (Å²) in [5.41, 5.74) is 2.07. The predicted molar refractivity (Wildman–Crippen MR) is 203 cm³/mol. The maximum absolute atomic E-state index is 10.3. The van der Waals surface area contributed by atoms with Gasteiger partial charge in [-0.25, -0.2) is 4.79 Å². The molecule has 52 heavy (non-hydrogen) atoms. The molecule has 0 spiro atoms. The summed E-state index contributed by atoms with van der Waals surface area (Å²) in [4.78, 5) is 34.7. The van der Waals surface area contributed by atoms with Crippen molar-refractivity contribution in [3.8, 4) is 0 Å². The number of carboxylic acids is 3. The minimum absolute atomic E-state index is 0. The highest BCUT2D eigenvalue weighted by atomic mass is 35.5. The number of nitrogens with zero attached hydrogens (tertiary/aromatic N) is 2. The smallest absolute Gasteiger partial charge is 0.336 e. The zero-order valence-electron chi connectivity index (χ0n) is 30.1. The van der Waals surface area contributed by atoms with Crippen molar-refractivity contribution in [2.75, 3.05) is 54.5 Å². The van der Waals surface area contributed by atoms with E-state index in [0.717, 1.165) is 26.3 Å². The number of aliphatic hydroxyl groups is 1. The topological polar surface area (TPSA) is 157 Å². The van der Waals surface area contributed by atoms with Gasteiger partial charge < -0.3 is 39.7 Å². The molecular weight excluding hydrogens is 688 g/mol. The average molecular weight is 739 g/mol. The fourth-order valence-corrected chi connectivity index (χ4v) is 4.70. The third kappa shape index (κ3) is 17.5. The van der Waals surface area contributed by atoms with Gasteiger partial charge in [0.05, 0.1) is 26.1 Å². The molecule has 0 fully saturated rings. The normalized spacial score (nSPS) is 10.9. The Bertz CT molecular complexity index is 1370. The van der Waals surface area contributed by atoms with Crippen molar-refractivity contribution in [2.45, 2.75) is 30.7 Å². The lowest BCUT2D eigenvalue weighted by Gasteiger charge is -2.20. The second kappa shape index (κ2) is 24.5. The van der Waals surface area contributed by atoms with Crippen molar-refractivity contribution in [1.29, 1.82) is 0 Å². The van der Waals surface area contributed by atoms with E-state index in [1.165, 1.54) is 22.3 Å². The van der Waals surface area contributed by atoms with E-state index in [0.29, 0.717) is 0 Å². The Labute approximate surface area is 312 Å². The molecule has 0 saturated carbocycles. The molecule has 4 aromatic carbocycles. The Balaban J connectivity index is 0.000000395. The molecule has 0 aliphatic carbocycles. The molecule has 0 atom stereocenters. The van der Waals surface area contributed by atoms with Crippen molar-refractivity contribution < 1.29 is 44.3 Å². The molecule has 0 aromatic heterocycles. The fraction of sp³-hybridized carbons (Fsp3) is 0.325. The predicted octanol–water partition coefficient (Wildman–Crippen LogP) is 5.88. The SMILES string of the molecule is CN(C)CCOC(c1ccccc1)c1ccccc1.CN(C)CCOC(c1ccccc1)c1ccccc1.Cl.O=C(O)CC(O)(CC(=O)O)C(=O)O. The number of ether oxygens (including phenoxy) is 2. The standard InChI is InChI=1S/2C17H21NO.C6H8O7.ClH/c2*1-18(2)13-14-19-17(15-9-5-3-6-10-15)16-11-7-4-8-12-16;7-3(8)1-6(13,5(11)12)2-4(9)10;/h2*3-12,17H,13-14H2,1-2H3;13H,1-2H2,(H,7,8)(H,9,10)(H,11,12);1H. The third-order valence-corrected chi connectivity index (χ3v) is 7.34. The van der Waals surface area contributed by atoms with E-state index in [9.17, 15) is 14.4 Å². The van der Waals surface area contributed by atoms with Crippen molar-refractivity contribution in [3.63, 3.8) is 0 Å². The summed E-state index contributed by atoms with van der Waals surface area (Å²) in [6.07, 6.45) is -2.26. The van der Waals surface area contributed by atoms with Crippen LogP contribution in [0.2, 0.25) is 0 Å². The van der Waals surface area contributed by atoms with Gasteiger partial charge in [0.1, 0.15) is 12.2 Å². The van der Waals surface area contributed by atoms with Gasteiger partial charge in [0.25, 0.3) is 0 Å². The molecule has 0 bridgehead atoms. The van der Waals surface area contributed by atoms with Crippen molar-refractivity contribution >= 4 is 30.3 Å². The molecule has 12 heteroatoms. The van der Waals surface area contributed by atoms with Crippen LogP contribution in [0.1, 0.15) is 47.3 Å². The quantitative estimate of drug-likeness (QED) is 0.103. The van der Waals surface area contributed by atoms with Crippen LogP contribution in [0, 0.1) is 0 Å². The first-order chi connectivity index (χ1) is 24.3. The van der Waals surface area contributed by atoms with Crippen LogP contribution in [-0.4, -0.2) is 108 Å². The lowest BCUT2D eigenvalue weighted by atomic mass is 9.96. The van der Waals surface area contributed by atoms with E-state index in [4.69, 9.17) is 29.9 Å². The van der Waals surface area contributed by atoms with Gasteiger partial charge in [-0.15, -0.1) is 12.4 Å². The summed E-state index contributed by atoms with van der Waals surface area (Å²) < 4.78 is 12.2. The molecule has 4 aromatic rings. The van der Waals surface area contributed by atoms with Crippen LogP contribution in [0.4, 0.5) is 0 Å². The van der Waals surface area contributed by atoms with E-state index in [1.807, 2.05) is 24.3 Å². The van der Waals surface area contributed by atoms with E-state index in [2.05, 4.69) is 135 Å². The second-order valence-electron chi connectivity index (χ2n) is 12.2. The molecule has 11 nitrogen and oxygen atoms in total. The fourth-order valence-electron chi connectivity index (χ4n) is 4.70. The zero-order chi connectivity index (χ0) is 37.6. The molecular formula is C40H51ClN2O9. The number of hydrogen-bond acceptors (Lipinski definition) is 8. The first-order valence-corrected chi connectivity index (χ1v) is 16.4. The Morgan fingerprint density at radius 2 is 0.788 bits per heavy atom. The highest BCUT2D eigenvalue weighted by Gasteiger charge is 2.40. The number of halogens is 1. The Morgan fingerprint density at radius 1 is 0.538 bits per heavy atom. The molecule has 0 heterocycles. The summed E-state index contributed by atoms with van der Waals surface area (Å²) in [6, 6.07) is 41.5. The van der Waals surface area contributed by atoms with Gasteiger partial charge in [-0.2, -0.15) is 0 Å². The number of carbonyl (C=O) groups is 3. The second-order valence-corrected chi connectivity index (χ2v) is 12.2. The first-order valence-electron chi connectivity index (χ1n) is 16.4. The lowest BCUT2D eigenvalue weighted by molar-refractivity contribution is -0.170. The number of aliphatic carboxylic acids is 3. The van der Waals surface area contributed by atoms with E-state index in [1.54, 1.807) is 0 Å². The minimum atomic E-state index is -2.74. The van der Waals surface area contributed by atoms with Crippen LogP contribution >= 0.6 is 12.4 Å². The molecule has 0 aliphatic rings.